The summed E-state index contributed by atoms with van der Waals surface area (Å²) >= 11 is 0. The van der Waals surface area contributed by atoms with Crippen LogP contribution in [0.4, 0.5) is 8.78 Å². The maximum Gasteiger partial charge on any atom is 0.387 e. The van der Waals surface area contributed by atoms with Crippen molar-refractivity contribution in [2.45, 2.75) is 26.0 Å². The average Bonchev–Trinajstić information content (AvgIpc) is 3.42. The molecule has 0 aliphatic heterocycles. The molecule has 1 N–H and O–H groups in total. The summed E-state index contributed by atoms with van der Waals surface area (Å²) in [6.07, 6.45) is 0.792. The van der Waals surface area contributed by atoms with Crippen LogP contribution in [0.1, 0.15) is 30.5 Å². The lowest BCUT2D eigenvalue weighted by Gasteiger charge is -2.20. The molecular weight excluding hydrogens is 368 g/mol. The van der Waals surface area contributed by atoms with E-state index in [-0.39, 0.29) is 24.2 Å². The van der Waals surface area contributed by atoms with Crippen molar-refractivity contribution in [2.75, 3.05) is 6.61 Å². The molecule has 2 aromatic rings. The van der Waals surface area contributed by atoms with E-state index in [1.54, 1.807) is 12.1 Å². The van der Waals surface area contributed by atoms with Crippen LogP contribution >= 0.6 is 0 Å². The van der Waals surface area contributed by atoms with Gasteiger partial charge >= 0.3 is 12.6 Å². The van der Waals surface area contributed by atoms with Gasteiger partial charge in [-0.1, -0.05) is 49.4 Å². The van der Waals surface area contributed by atoms with Gasteiger partial charge in [-0.25, -0.2) is 0 Å². The fourth-order valence-electron chi connectivity index (χ4n) is 2.94. The first-order valence-electron chi connectivity index (χ1n) is 8.99. The highest BCUT2D eigenvalue weighted by Crippen LogP contribution is 2.38. The SMILES string of the molecule is C[C@H]1C[C@H]1C(=O)OCC(=O)N[C@@H](c1ccccc1)c1ccc(OC(F)F)cc1. The van der Waals surface area contributed by atoms with Gasteiger partial charge < -0.3 is 14.8 Å². The molecule has 0 aromatic heterocycles. The molecule has 0 bridgehead atoms. The van der Waals surface area contributed by atoms with E-state index in [2.05, 4.69) is 10.1 Å². The Morgan fingerprint density at radius 3 is 2.25 bits per heavy atom. The third kappa shape index (κ3) is 5.28. The lowest BCUT2D eigenvalue weighted by molar-refractivity contribution is -0.150. The molecule has 0 radical (unpaired) electrons. The number of esters is 1. The third-order valence-electron chi connectivity index (χ3n) is 4.63. The minimum Gasteiger partial charge on any atom is -0.455 e. The van der Waals surface area contributed by atoms with E-state index in [0.29, 0.717) is 11.5 Å². The van der Waals surface area contributed by atoms with Crippen molar-refractivity contribution in [2.24, 2.45) is 11.8 Å². The minimum absolute atomic E-state index is 0.0318. The highest BCUT2D eigenvalue weighted by Gasteiger charge is 2.40. The molecule has 2 aromatic carbocycles. The first-order chi connectivity index (χ1) is 13.4. The Kier molecular flexibility index (Phi) is 6.23. The Bertz CT molecular complexity index is 811. The van der Waals surface area contributed by atoms with Gasteiger partial charge in [-0.3, -0.25) is 9.59 Å². The van der Waals surface area contributed by atoms with Gasteiger partial charge in [0, 0.05) is 0 Å². The van der Waals surface area contributed by atoms with Gasteiger partial charge in [0.25, 0.3) is 5.91 Å². The summed E-state index contributed by atoms with van der Waals surface area (Å²) in [4.78, 5) is 24.1. The fourth-order valence-corrected chi connectivity index (χ4v) is 2.94. The summed E-state index contributed by atoms with van der Waals surface area (Å²) in [5, 5.41) is 2.83. The molecular formula is C21H21F2NO4. The molecule has 3 rings (SSSR count). The molecule has 1 aliphatic rings. The van der Waals surface area contributed by atoms with Crippen molar-refractivity contribution in [1.82, 2.24) is 5.32 Å². The Morgan fingerprint density at radius 2 is 1.68 bits per heavy atom. The van der Waals surface area contributed by atoms with E-state index in [0.717, 1.165) is 12.0 Å². The Balaban J connectivity index is 1.69. The van der Waals surface area contributed by atoms with Crippen LogP contribution < -0.4 is 10.1 Å². The van der Waals surface area contributed by atoms with Gasteiger partial charge in [0.1, 0.15) is 5.75 Å². The molecule has 1 saturated carbocycles. The summed E-state index contributed by atoms with van der Waals surface area (Å²) in [5.41, 5.74) is 1.49. The zero-order valence-corrected chi connectivity index (χ0v) is 15.3. The smallest absolute Gasteiger partial charge is 0.387 e. The number of ether oxygens (including phenoxy) is 2. The number of amides is 1. The van der Waals surface area contributed by atoms with Crippen molar-refractivity contribution in [3.63, 3.8) is 0 Å². The second-order valence-corrected chi connectivity index (χ2v) is 6.79. The van der Waals surface area contributed by atoms with Gasteiger partial charge in [-0.15, -0.1) is 0 Å². The molecule has 1 fully saturated rings. The molecule has 0 heterocycles. The summed E-state index contributed by atoms with van der Waals surface area (Å²) in [6.45, 7) is -1.31. The average molecular weight is 389 g/mol. The van der Waals surface area contributed by atoms with Crippen LogP contribution in [0.5, 0.6) is 5.75 Å². The first-order valence-corrected chi connectivity index (χ1v) is 8.99. The van der Waals surface area contributed by atoms with Gasteiger partial charge in [0.15, 0.2) is 6.61 Å². The monoisotopic (exact) mass is 389 g/mol. The summed E-state index contributed by atoms with van der Waals surface area (Å²) in [6, 6.07) is 14.7. The largest absolute Gasteiger partial charge is 0.455 e. The van der Waals surface area contributed by atoms with Crippen LogP contribution in [-0.4, -0.2) is 25.1 Å². The minimum atomic E-state index is -2.90. The van der Waals surface area contributed by atoms with E-state index >= 15 is 0 Å². The second-order valence-electron chi connectivity index (χ2n) is 6.79. The van der Waals surface area contributed by atoms with E-state index in [4.69, 9.17) is 4.74 Å². The number of hydrogen-bond acceptors (Lipinski definition) is 4. The third-order valence-corrected chi connectivity index (χ3v) is 4.63. The van der Waals surface area contributed by atoms with E-state index < -0.39 is 18.6 Å². The van der Waals surface area contributed by atoms with Crippen molar-refractivity contribution in [3.8, 4) is 5.75 Å². The second kappa shape index (κ2) is 8.82. The number of rotatable bonds is 8. The maximum absolute atomic E-state index is 12.3. The van der Waals surface area contributed by atoms with Gasteiger partial charge in [0.2, 0.25) is 0 Å². The van der Waals surface area contributed by atoms with Crippen LogP contribution in [0.2, 0.25) is 0 Å². The van der Waals surface area contributed by atoms with E-state index in [1.807, 2.05) is 37.3 Å². The summed E-state index contributed by atoms with van der Waals surface area (Å²) in [5.74, 6) is -0.568. The maximum atomic E-state index is 12.3. The van der Waals surface area contributed by atoms with Crippen molar-refractivity contribution < 1.29 is 27.8 Å². The first kappa shape index (κ1) is 19.8. The molecule has 148 valence electrons. The fraction of sp³-hybridized carbons (Fsp3) is 0.333. The van der Waals surface area contributed by atoms with E-state index in [1.165, 1.54) is 12.1 Å². The number of carbonyl (C=O) groups excluding carboxylic acids is 2. The zero-order chi connectivity index (χ0) is 20.1. The Hall–Kier alpha value is -2.96. The van der Waals surface area contributed by atoms with Gasteiger partial charge in [-0.2, -0.15) is 8.78 Å². The number of hydrogen-bond donors (Lipinski definition) is 1. The predicted octanol–water partition coefficient (Wildman–Crippen LogP) is 3.69. The quantitative estimate of drug-likeness (QED) is 0.700. The summed E-state index contributed by atoms with van der Waals surface area (Å²) in [7, 11) is 0. The highest BCUT2D eigenvalue weighted by atomic mass is 19.3. The van der Waals surface area contributed by atoms with Crippen molar-refractivity contribution in [1.29, 1.82) is 0 Å². The van der Waals surface area contributed by atoms with Crippen molar-refractivity contribution in [3.05, 3.63) is 65.7 Å². The Labute approximate surface area is 161 Å². The number of halogens is 2. The number of benzene rings is 2. The van der Waals surface area contributed by atoms with Crippen LogP contribution in [0.3, 0.4) is 0 Å². The highest BCUT2D eigenvalue weighted by molar-refractivity contribution is 5.82. The zero-order valence-electron chi connectivity index (χ0n) is 15.3. The molecule has 28 heavy (non-hydrogen) atoms. The van der Waals surface area contributed by atoms with E-state index in [9.17, 15) is 18.4 Å². The molecule has 1 amide bonds. The lowest BCUT2D eigenvalue weighted by atomic mass is 9.98. The van der Waals surface area contributed by atoms with Crippen LogP contribution in [-0.2, 0) is 14.3 Å². The molecule has 3 atom stereocenters. The molecule has 1 aliphatic carbocycles. The molecule has 0 unspecified atom stereocenters. The van der Waals surface area contributed by atoms with Gasteiger partial charge in [0.05, 0.1) is 12.0 Å². The van der Waals surface area contributed by atoms with Crippen LogP contribution in [0.25, 0.3) is 0 Å². The lowest BCUT2D eigenvalue weighted by Crippen LogP contribution is -2.33. The molecule has 5 nitrogen and oxygen atoms in total. The van der Waals surface area contributed by atoms with Crippen molar-refractivity contribution >= 4 is 11.9 Å². The van der Waals surface area contributed by atoms with Crippen LogP contribution in [0, 0.1) is 11.8 Å². The summed E-state index contributed by atoms with van der Waals surface area (Å²) < 4.78 is 34.1. The standard InChI is InChI=1S/C21H21F2NO4/c1-13-11-17(13)20(26)27-12-18(25)24-19(14-5-3-2-4-6-14)15-7-9-16(10-8-15)28-21(22)23/h2-10,13,17,19,21H,11-12H2,1H3,(H,24,25)/t13-,17+,19-/m0/s1. The molecule has 0 saturated heterocycles. The molecule has 7 heteroatoms. The predicted molar refractivity (Wildman–Crippen MR) is 97.7 cm³/mol. The molecule has 0 spiro atoms. The van der Waals surface area contributed by atoms with Crippen LogP contribution in [0.15, 0.2) is 54.6 Å². The number of nitrogens with one attached hydrogen (secondary N) is 1. The normalized spacial score (nSPS) is 19.0. The Morgan fingerprint density at radius 1 is 1.07 bits per heavy atom. The topological polar surface area (TPSA) is 64.6 Å². The number of alkyl halides is 2. The number of carbonyl (C=O) groups is 2. The van der Waals surface area contributed by atoms with Gasteiger partial charge in [-0.05, 0) is 35.6 Å².